The third kappa shape index (κ3) is 3.93. The molecule has 0 saturated heterocycles. The normalized spacial score (nSPS) is 12.2. The summed E-state index contributed by atoms with van der Waals surface area (Å²) in [6, 6.07) is 2.04. The molecular weight excluding hydrogens is 400 g/mol. The molecule has 0 spiro atoms. The molecule has 0 amide bonds. The molecule has 0 radical (unpaired) electrons. The Balaban J connectivity index is 1.60. The molecular formula is C20H27N8OS+. The Kier molecular flexibility index (Phi) is 5.54. The molecule has 4 N–H and O–H groups in total. The molecule has 158 valence electrons. The molecule has 0 aromatic carbocycles. The molecule has 0 saturated carbocycles. The van der Waals surface area contributed by atoms with Gasteiger partial charge in [-0.05, 0) is 44.9 Å². The van der Waals surface area contributed by atoms with Crippen LogP contribution in [0.3, 0.4) is 0 Å². The molecule has 0 aliphatic rings. The van der Waals surface area contributed by atoms with Crippen molar-refractivity contribution in [1.82, 2.24) is 29.4 Å². The highest BCUT2D eigenvalue weighted by Crippen LogP contribution is 2.26. The summed E-state index contributed by atoms with van der Waals surface area (Å²) in [5, 5.41) is 20.9. The topological polar surface area (TPSA) is 110 Å². The summed E-state index contributed by atoms with van der Waals surface area (Å²) < 4.78 is 6.66. The van der Waals surface area contributed by atoms with Crippen molar-refractivity contribution in [2.75, 3.05) is 18.5 Å². The maximum atomic E-state index is 9.68. The number of nitrogens with one attached hydrogen (secondary N) is 3. The molecule has 4 aromatic heterocycles. The number of imidazole rings is 1. The van der Waals surface area contributed by atoms with Crippen LogP contribution in [0, 0.1) is 6.92 Å². The lowest BCUT2D eigenvalue weighted by Gasteiger charge is -2.35. The third-order valence-electron chi connectivity index (χ3n) is 5.25. The number of hydrogen-bond acceptors (Lipinski definition) is 7. The Labute approximate surface area is 179 Å². The third-order valence-corrected chi connectivity index (χ3v) is 5.99. The van der Waals surface area contributed by atoms with Gasteiger partial charge < -0.3 is 10.4 Å². The highest BCUT2D eigenvalue weighted by molar-refractivity contribution is 7.10. The van der Waals surface area contributed by atoms with Crippen molar-refractivity contribution < 1.29 is 9.51 Å². The number of aromatic amines is 2. The molecule has 0 bridgehead atoms. The highest BCUT2D eigenvalue weighted by Gasteiger charge is 2.25. The van der Waals surface area contributed by atoms with E-state index < -0.39 is 0 Å². The second-order valence-electron chi connectivity index (χ2n) is 7.90. The fourth-order valence-corrected chi connectivity index (χ4v) is 4.13. The zero-order chi connectivity index (χ0) is 21.3. The number of nitrogens with zero attached hydrogens (tertiary/aromatic N) is 5. The summed E-state index contributed by atoms with van der Waals surface area (Å²) in [7, 11) is 0. The molecule has 10 heteroatoms. The van der Waals surface area contributed by atoms with Gasteiger partial charge in [-0.15, -0.1) is 0 Å². The van der Waals surface area contributed by atoms with Crippen LogP contribution in [0.5, 0.6) is 0 Å². The van der Waals surface area contributed by atoms with E-state index in [4.69, 9.17) is 0 Å². The molecule has 4 aromatic rings. The zero-order valence-corrected chi connectivity index (χ0v) is 18.4. The van der Waals surface area contributed by atoms with E-state index in [1.807, 2.05) is 45.4 Å². The molecule has 0 aliphatic heterocycles. The van der Waals surface area contributed by atoms with Gasteiger partial charge in [0.1, 0.15) is 17.4 Å². The number of rotatable bonds is 8. The Morgan fingerprint density at radius 3 is 2.87 bits per heavy atom. The summed E-state index contributed by atoms with van der Waals surface area (Å²) in [5.74, 6) is 0.739. The highest BCUT2D eigenvalue weighted by atomic mass is 32.1. The minimum Gasteiger partial charge on any atom is -0.394 e. The van der Waals surface area contributed by atoms with Crippen LogP contribution in [0.4, 0.5) is 10.8 Å². The fourth-order valence-electron chi connectivity index (χ4n) is 3.47. The first-order valence-corrected chi connectivity index (χ1v) is 10.7. The second-order valence-corrected chi connectivity index (χ2v) is 8.71. The van der Waals surface area contributed by atoms with Gasteiger partial charge in [0.15, 0.2) is 5.69 Å². The monoisotopic (exact) mass is 427 g/mol. The van der Waals surface area contributed by atoms with Crippen LogP contribution in [-0.4, -0.2) is 53.2 Å². The average molecular weight is 428 g/mol. The minimum absolute atomic E-state index is 0.102. The summed E-state index contributed by atoms with van der Waals surface area (Å²) in [6.07, 6.45) is 7.59. The molecule has 0 aliphatic carbocycles. The number of hydrogen-bond donors (Lipinski definition) is 4. The van der Waals surface area contributed by atoms with Crippen molar-refractivity contribution in [3.63, 3.8) is 0 Å². The van der Waals surface area contributed by atoms with Gasteiger partial charge in [0.25, 0.3) is 0 Å². The van der Waals surface area contributed by atoms with E-state index in [-0.39, 0.29) is 12.1 Å². The van der Waals surface area contributed by atoms with Crippen LogP contribution >= 0.6 is 11.5 Å². The molecule has 9 nitrogen and oxygen atoms in total. The maximum Gasteiger partial charge on any atom is 0.328 e. The van der Waals surface area contributed by atoms with E-state index in [0.29, 0.717) is 6.54 Å². The Hall–Kier alpha value is -2.82. The Morgan fingerprint density at radius 2 is 2.17 bits per heavy atom. The fraction of sp³-hybridized carbons (Fsp3) is 0.400. The number of anilines is 2. The van der Waals surface area contributed by atoms with Gasteiger partial charge in [-0.3, -0.25) is 10.00 Å². The van der Waals surface area contributed by atoms with Crippen molar-refractivity contribution in [2.45, 2.75) is 39.8 Å². The van der Waals surface area contributed by atoms with Crippen LogP contribution < -0.4 is 9.72 Å². The first-order valence-electron chi connectivity index (χ1n) is 9.89. The summed E-state index contributed by atoms with van der Waals surface area (Å²) in [5.41, 5.74) is 4.43. The number of aliphatic hydroxyl groups excluding tert-OH is 1. The lowest BCUT2D eigenvalue weighted by atomic mass is 10.0. The van der Waals surface area contributed by atoms with Gasteiger partial charge in [-0.25, -0.2) is 9.97 Å². The first kappa shape index (κ1) is 20.5. The van der Waals surface area contributed by atoms with Gasteiger partial charge in [0, 0.05) is 18.3 Å². The number of fused-ring (bicyclic) bond motifs is 1. The van der Waals surface area contributed by atoms with Crippen LogP contribution in [-0.2, 0) is 6.54 Å². The van der Waals surface area contributed by atoms with E-state index in [1.54, 1.807) is 6.20 Å². The van der Waals surface area contributed by atoms with E-state index in [0.717, 1.165) is 45.7 Å². The number of likely N-dealkylation sites (N-methyl/N-ethyl adjacent to an activating group) is 1. The van der Waals surface area contributed by atoms with Crippen LogP contribution in [0.1, 0.15) is 32.2 Å². The average Bonchev–Trinajstić information content (AvgIpc) is 3.46. The van der Waals surface area contributed by atoms with E-state index in [2.05, 4.69) is 46.1 Å². The van der Waals surface area contributed by atoms with E-state index in [1.165, 1.54) is 11.5 Å². The largest absolute Gasteiger partial charge is 0.394 e. The SMILES string of the molecule is CCN(Cc1cc(Nc2nc(C)c[n+]3c(-c4cn[nH]c4)c[nH]c23)sn1)C(C)(C)CO. The number of aliphatic hydroxyl groups is 1. The van der Waals surface area contributed by atoms with Crippen molar-refractivity contribution in [3.8, 4) is 11.3 Å². The molecule has 4 heterocycles. The molecule has 0 unspecified atom stereocenters. The second kappa shape index (κ2) is 8.13. The Bertz CT molecular complexity index is 1130. The number of aromatic nitrogens is 6. The lowest BCUT2D eigenvalue weighted by molar-refractivity contribution is -0.498. The molecule has 0 fully saturated rings. The van der Waals surface area contributed by atoms with Crippen molar-refractivity contribution in [1.29, 1.82) is 0 Å². The standard InChI is InChI=1S/C20H26N8OS/c1-5-27(20(3,4)12-29)11-15-6-17(30-26-15)25-18-19-21-9-16(14-7-22-23-8-14)28(19)10-13(2)24-18/h6-10,29H,5,11-12H2,1-4H3,(H2,22,23,24,25,26)/p+1. The smallest absolute Gasteiger partial charge is 0.328 e. The minimum atomic E-state index is -0.291. The van der Waals surface area contributed by atoms with Crippen LogP contribution in [0.15, 0.2) is 30.9 Å². The number of H-pyrrole nitrogens is 2. The predicted molar refractivity (Wildman–Crippen MR) is 117 cm³/mol. The zero-order valence-electron chi connectivity index (χ0n) is 17.6. The summed E-state index contributed by atoms with van der Waals surface area (Å²) >= 11 is 1.41. The Morgan fingerprint density at radius 1 is 1.33 bits per heavy atom. The van der Waals surface area contributed by atoms with Gasteiger partial charge in [-0.2, -0.15) is 13.9 Å². The van der Waals surface area contributed by atoms with Gasteiger partial charge in [0.05, 0.1) is 29.8 Å². The van der Waals surface area contributed by atoms with E-state index in [9.17, 15) is 5.11 Å². The molecule has 4 rings (SSSR count). The summed E-state index contributed by atoms with van der Waals surface area (Å²) in [6.45, 7) is 9.76. The molecule has 0 atom stereocenters. The van der Waals surface area contributed by atoms with Gasteiger partial charge in [-0.1, -0.05) is 6.92 Å². The van der Waals surface area contributed by atoms with E-state index >= 15 is 0 Å². The molecule has 30 heavy (non-hydrogen) atoms. The van der Waals surface area contributed by atoms with Crippen LogP contribution in [0.25, 0.3) is 16.9 Å². The van der Waals surface area contributed by atoms with Crippen molar-refractivity contribution in [3.05, 3.63) is 42.2 Å². The van der Waals surface area contributed by atoms with Gasteiger partial charge in [0.2, 0.25) is 5.82 Å². The summed E-state index contributed by atoms with van der Waals surface area (Å²) in [4.78, 5) is 10.2. The van der Waals surface area contributed by atoms with Gasteiger partial charge >= 0.3 is 5.65 Å². The first-order chi connectivity index (χ1) is 14.4. The van der Waals surface area contributed by atoms with Crippen molar-refractivity contribution >= 4 is 28.0 Å². The van der Waals surface area contributed by atoms with Crippen LogP contribution in [0.2, 0.25) is 0 Å². The lowest BCUT2D eigenvalue weighted by Crippen LogP contribution is -2.46. The quantitative estimate of drug-likeness (QED) is 0.322. The van der Waals surface area contributed by atoms with Crippen molar-refractivity contribution in [2.24, 2.45) is 0 Å². The number of aryl methyl sites for hydroxylation is 1. The predicted octanol–water partition coefficient (Wildman–Crippen LogP) is 2.64. The maximum absolute atomic E-state index is 9.68.